The zero-order chi connectivity index (χ0) is 15.6. The van der Waals surface area contributed by atoms with E-state index in [4.69, 9.17) is 5.73 Å². The number of rotatable bonds is 4. The molecule has 2 rings (SSSR count). The minimum absolute atomic E-state index is 0.0115. The molecule has 0 atom stereocenters. The highest BCUT2D eigenvalue weighted by atomic mass is 32.2. The Labute approximate surface area is 119 Å². The molecule has 0 saturated carbocycles. The minimum atomic E-state index is -4.13. The third-order valence-corrected chi connectivity index (χ3v) is 4.09. The van der Waals surface area contributed by atoms with Crippen molar-refractivity contribution in [1.29, 1.82) is 0 Å². The predicted octanol–water partition coefficient (Wildman–Crippen LogP) is 2.36. The van der Waals surface area contributed by atoms with Gasteiger partial charge in [-0.1, -0.05) is 0 Å². The minimum Gasteiger partial charge on any atom is -0.326 e. The number of nitrogens with one attached hydrogen (secondary N) is 1. The molecule has 8 heteroatoms. The molecular formula is C13H11F3N2O2S. The molecule has 0 unspecified atom stereocenters. The van der Waals surface area contributed by atoms with E-state index in [-0.39, 0.29) is 17.0 Å². The van der Waals surface area contributed by atoms with E-state index in [1.807, 2.05) is 4.72 Å². The number of anilines is 1. The Morgan fingerprint density at radius 1 is 1.00 bits per heavy atom. The van der Waals surface area contributed by atoms with E-state index < -0.39 is 33.2 Å². The lowest BCUT2D eigenvalue weighted by Gasteiger charge is -2.10. The van der Waals surface area contributed by atoms with Gasteiger partial charge >= 0.3 is 0 Å². The zero-order valence-electron chi connectivity index (χ0n) is 10.6. The molecule has 0 amide bonds. The van der Waals surface area contributed by atoms with Gasteiger partial charge in [0.05, 0.1) is 10.6 Å². The van der Waals surface area contributed by atoms with Crippen LogP contribution in [-0.4, -0.2) is 8.42 Å². The molecule has 0 aromatic heterocycles. The van der Waals surface area contributed by atoms with E-state index in [0.29, 0.717) is 6.07 Å². The summed E-state index contributed by atoms with van der Waals surface area (Å²) < 4.78 is 65.7. The Morgan fingerprint density at radius 3 is 2.33 bits per heavy atom. The molecule has 21 heavy (non-hydrogen) atoms. The van der Waals surface area contributed by atoms with Crippen LogP contribution in [0.4, 0.5) is 18.9 Å². The lowest BCUT2D eigenvalue weighted by atomic mass is 10.2. The van der Waals surface area contributed by atoms with Crippen LogP contribution in [0.5, 0.6) is 0 Å². The second kappa shape index (κ2) is 5.74. The Balaban J connectivity index is 2.38. The first-order valence-electron chi connectivity index (χ1n) is 5.80. The van der Waals surface area contributed by atoms with E-state index >= 15 is 0 Å². The molecule has 2 aromatic rings. The average Bonchev–Trinajstić information content (AvgIpc) is 2.42. The Morgan fingerprint density at radius 2 is 1.71 bits per heavy atom. The quantitative estimate of drug-likeness (QED) is 0.909. The lowest BCUT2D eigenvalue weighted by molar-refractivity contribution is 0.582. The van der Waals surface area contributed by atoms with Crippen molar-refractivity contribution in [2.24, 2.45) is 5.73 Å². The van der Waals surface area contributed by atoms with Crippen molar-refractivity contribution in [2.75, 3.05) is 4.72 Å². The van der Waals surface area contributed by atoms with Gasteiger partial charge in [0, 0.05) is 18.2 Å². The number of halogens is 3. The van der Waals surface area contributed by atoms with Gasteiger partial charge in [0.15, 0.2) is 0 Å². The normalized spacial score (nSPS) is 11.4. The summed E-state index contributed by atoms with van der Waals surface area (Å²) in [7, 11) is -4.13. The number of benzene rings is 2. The fourth-order valence-electron chi connectivity index (χ4n) is 1.65. The number of hydrogen-bond acceptors (Lipinski definition) is 3. The highest BCUT2D eigenvalue weighted by molar-refractivity contribution is 7.92. The highest BCUT2D eigenvalue weighted by Crippen LogP contribution is 2.21. The average molecular weight is 316 g/mol. The van der Waals surface area contributed by atoms with E-state index in [1.54, 1.807) is 0 Å². The van der Waals surface area contributed by atoms with Crippen molar-refractivity contribution in [3.63, 3.8) is 0 Å². The summed E-state index contributed by atoms with van der Waals surface area (Å²) in [5.41, 5.74) is 4.90. The summed E-state index contributed by atoms with van der Waals surface area (Å²) in [4.78, 5) is -0.270. The number of nitrogens with two attached hydrogens (primary N) is 1. The maximum absolute atomic E-state index is 13.5. The molecule has 0 saturated heterocycles. The van der Waals surface area contributed by atoms with Crippen LogP contribution in [0.3, 0.4) is 0 Å². The molecule has 0 fully saturated rings. The summed E-state index contributed by atoms with van der Waals surface area (Å²) in [6.45, 7) is -0.180. The van der Waals surface area contributed by atoms with Crippen LogP contribution < -0.4 is 10.5 Å². The standard InChI is InChI=1S/C13H11F3N2O2S/c14-9-1-4-13(12(16)6-9)18-21(19,20)10-2-3-11(15)8(5-10)7-17/h1-6,18H,7,17H2. The van der Waals surface area contributed by atoms with Gasteiger partial charge in [0.2, 0.25) is 0 Å². The third-order valence-electron chi connectivity index (χ3n) is 2.72. The SMILES string of the molecule is NCc1cc(S(=O)(=O)Nc2ccc(F)cc2F)ccc1F. The Bertz CT molecular complexity index is 779. The second-order valence-corrected chi connectivity index (χ2v) is 5.87. The van der Waals surface area contributed by atoms with E-state index in [1.165, 1.54) is 0 Å². The zero-order valence-corrected chi connectivity index (χ0v) is 11.4. The van der Waals surface area contributed by atoms with Crippen LogP contribution in [0.1, 0.15) is 5.56 Å². The smallest absolute Gasteiger partial charge is 0.261 e. The molecule has 0 aliphatic carbocycles. The van der Waals surface area contributed by atoms with E-state index in [9.17, 15) is 21.6 Å². The first kappa shape index (κ1) is 15.3. The molecule has 3 N–H and O–H groups in total. The fraction of sp³-hybridized carbons (Fsp3) is 0.0769. The lowest BCUT2D eigenvalue weighted by Crippen LogP contribution is -2.15. The van der Waals surface area contributed by atoms with Gasteiger partial charge in [-0.15, -0.1) is 0 Å². The van der Waals surface area contributed by atoms with Gasteiger partial charge in [-0.05, 0) is 30.3 Å². The molecular weight excluding hydrogens is 305 g/mol. The van der Waals surface area contributed by atoms with Gasteiger partial charge in [0.25, 0.3) is 10.0 Å². The molecule has 0 aliphatic rings. The summed E-state index contributed by atoms with van der Waals surface area (Å²) in [5, 5.41) is 0. The first-order valence-corrected chi connectivity index (χ1v) is 7.28. The molecule has 2 aromatic carbocycles. The van der Waals surface area contributed by atoms with Gasteiger partial charge in [-0.3, -0.25) is 4.72 Å². The van der Waals surface area contributed by atoms with Gasteiger partial charge < -0.3 is 5.73 Å². The molecule has 0 bridgehead atoms. The van der Waals surface area contributed by atoms with Crippen molar-refractivity contribution in [1.82, 2.24) is 0 Å². The predicted molar refractivity (Wildman–Crippen MR) is 71.5 cm³/mol. The first-order chi connectivity index (χ1) is 9.83. The summed E-state index contributed by atoms with van der Waals surface area (Å²) >= 11 is 0. The van der Waals surface area contributed by atoms with Crippen LogP contribution in [-0.2, 0) is 16.6 Å². The number of sulfonamides is 1. The van der Waals surface area contributed by atoms with E-state index in [2.05, 4.69) is 0 Å². The summed E-state index contributed by atoms with van der Waals surface area (Å²) in [6.07, 6.45) is 0. The van der Waals surface area contributed by atoms with Crippen LogP contribution in [0.2, 0.25) is 0 Å². The van der Waals surface area contributed by atoms with Crippen molar-refractivity contribution >= 4 is 15.7 Å². The molecule has 4 nitrogen and oxygen atoms in total. The molecule has 112 valence electrons. The Kier molecular flexibility index (Phi) is 4.19. The molecule has 0 spiro atoms. The largest absolute Gasteiger partial charge is 0.326 e. The van der Waals surface area contributed by atoms with Crippen molar-refractivity contribution in [3.8, 4) is 0 Å². The monoisotopic (exact) mass is 316 g/mol. The summed E-state index contributed by atoms with van der Waals surface area (Å²) in [6, 6.07) is 5.45. The van der Waals surface area contributed by atoms with Crippen molar-refractivity contribution in [3.05, 3.63) is 59.4 Å². The highest BCUT2D eigenvalue weighted by Gasteiger charge is 2.18. The molecule has 0 radical (unpaired) electrons. The van der Waals surface area contributed by atoms with Crippen LogP contribution >= 0.6 is 0 Å². The molecule has 0 heterocycles. The van der Waals surface area contributed by atoms with Crippen LogP contribution in [0.25, 0.3) is 0 Å². The van der Waals surface area contributed by atoms with E-state index in [0.717, 1.165) is 30.3 Å². The number of hydrogen-bond donors (Lipinski definition) is 2. The van der Waals surface area contributed by atoms with Gasteiger partial charge in [0.1, 0.15) is 17.5 Å². The maximum Gasteiger partial charge on any atom is 0.261 e. The van der Waals surface area contributed by atoms with Crippen LogP contribution in [0, 0.1) is 17.5 Å². The second-order valence-electron chi connectivity index (χ2n) is 4.19. The topological polar surface area (TPSA) is 72.2 Å². The fourth-order valence-corrected chi connectivity index (χ4v) is 2.77. The Hall–Kier alpha value is -2.06. The molecule has 0 aliphatic heterocycles. The van der Waals surface area contributed by atoms with Gasteiger partial charge in [-0.25, -0.2) is 21.6 Å². The third kappa shape index (κ3) is 3.34. The van der Waals surface area contributed by atoms with Crippen molar-refractivity contribution < 1.29 is 21.6 Å². The van der Waals surface area contributed by atoms with Crippen molar-refractivity contribution in [2.45, 2.75) is 11.4 Å². The van der Waals surface area contributed by atoms with Gasteiger partial charge in [-0.2, -0.15) is 0 Å². The summed E-state index contributed by atoms with van der Waals surface area (Å²) in [5.74, 6) is -2.52. The van der Waals surface area contributed by atoms with Crippen LogP contribution in [0.15, 0.2) is 41.3 Å². The maximum atomic E-state index is 13.5.